The molecule has 0 amide bonds. The molecular weight excluding hydrogens is 222 g/mol. The summed E-state index contributed by atoms with van der Waals surface area (Å²) in [6.45, 7) is 0. The Morgan fingerprint density at radius 1 is 1.00 bits per heavy atom. The second-order valence-corrected chi connectivity index (χ2v) is 3.61. The predicted molar refractivity (Wildman–Crippen MR) is 59.8 cm³/mol. The van der Waals surface area contributed by atoms with Gasteiger partial charge < -0.3 is 0 Å². The molecule has 86 valence electrons. The van der Waals surface area contributed by atoms with E-state index in [4.69, 9.17) is 5.53 Å². The van der Waals surface area contributed by atoms with Crippen LogP contribution in [0.5, 0.6) is 0 Å². The van der Waals surface area contributed by atoms with Gasteiger partial charge in [-0.05, 0) is 23.8 Å². The summed E-state index contributed by atoms with van der Waals surface area (Å²) in [5.41, 5.74) is 7.87. The van der Waals surface area contributed by atoms with Crippen molar-refractivity contribution >= 4 is 0 Å². The monoisotopic (exact) mass is 232 g/mol. The quantitative estimate of drug-likeness (QED) is 0.774. The molecule has 0 fully saturated rings. The molecule has 0 bridgehead atoms. The van der Waals surface area contributed by atoms with Crippen molar-refractivity contribution < 1.29 is 8.78 Å². The van der Waals surface area contributed by atoms with E-state index >= 15 is 0 Å². The van der Waals surface area contributed by atoms with Crippen LogP contribution in [0.3, 0.4) is 0 Å². The number of hydrogen-bond donors (Lipinski definition) is 1. The number of hydrogen-bond acceptors (Lipinski definition) is 2. The molecule has 0 saturated carbocycles. The van der Waals surface area contributed by atoms with Crippen molar-refractivity contribution in [1.82, 2.24) is 0 Å². The molecule has 0 aromatic heterocycles. The van der Waals surface area contributed by atoms with Crippen LogP contribution < -0.4 is 0 Å². The third kappa shape index (κ3) is 2.36. The molecule has 2 aromatic rings. The first-order chi connectivity index (χ1) is 8.22. The van der Waals surface area contributed by atoms with Crippen LogP contribution in [0, 0.1) is 17.2 Å². The fraction of sp³-hybridized carbons (Fsp3) is 0.0769. The van der Waals surface area contributed by atoms with Crippen molar-refractivity contribution in [3.8, 4) is 0 Å². The molecule has 2 aromatic carbocycles. The SMILES string of the molecule is N=NC(c1cccc(F)c1)c1ccccc1F. The van der Waals surface area contributed by atoms with Gasteiger partial charge in [-0.25, -0.2) is 14.3 Å². The normalized spacial score (nSPS) is 12.1. The van der Waals surface area contributed by atoms with Gasteiger partial charge >= 0.3 is 0 Å². The summed E-state index contributed by atoms with van der Waals surface area (Å²) in [7, 11) is 0. The van der Waals surface area contributed by atoms with E-state index in [1.807, 2.05) is 0 Å². The van der Waals surface area contributed by atoms with Gasteiger partial charge in [-0.3, -0.25) is 0 Å². The highest BCUT2D eigenvalue weighted by molar-refractivity contribution is 5.32. The number of nitrogens with zero attached hydrogens (tertiary/aromatic N) is 1. The Morgan fingerprint density at radius 2 is 1.76 bits per heavy atom. The Labute approximate surface area is 97.4 Å². The molecule has 0 saturated heterocycles. The van der Waals surface area contributed by atoms with E-state index in [0.29, 0.717) is 5.56 Å². The third-order valence-electron chi connectivity index (χ3n) is 2.49. The zero-order valence-corrected chi connectivity index (χ0v) is 8.90. The standard InChI is InChI=1S/C13H10F2N2/c14-10-5-3-4-9(8-10)13(17-16)11-6-1-2-7-12(11)15/h1-8,13,16H. The van der Waals surface area contributed by atoms with Crippen LogP contribution in [0.25, 0.3) is 0 Å². The molecule has 0 radical (unpaired) electrons. The topological polar surface area (TPSA) is 36.2 Å². The van der Waals surface area contributed by atoms with Crippen LogP contribution in [0.1, 0.15) is 17.2 Å². The summed E-state index contributed by atoms with van der Waals surface area (Å²) < 4.78 is 26.7. The molecule has 0 aliphatic heterocycles. The molecule has 2 rings (SSSR count). The summed E-state index contributed by atoms with van der Waals surface area (Å²) in [5, 5.41) is 3.37. The highest BCUT2D eigenvalue weighted by Gasteiger charge is 2.16. The Bertz CT molecular complexity index is 540. The van der Waals surface area contributed by atoms with E-state index in [1.165, 1.54) is 24.3 Å². The average Bonchev–Trinajstić information content (AvgIpc) is 2.33. The largest absolute Gasteiger partial charge is 0.209 e. The molecule has 0 heterocycles. The molecule has 0 spiro atoms. The van der Waals surface area contributed by atoms with Crippen molar-refractivity contribution in [2.24, 2.45) is 5.11 Å². The summed E-state index contributed by atoms with van der Waals surface area (Å²) in [6, 6.07) is 11.0. The second kappa shape index (κ2) is 4.82. The van der Waals surface area contributed by atoms with Crippen molar-refractivity contribution in [1.29, 1.82) is 5.53 Å². The number of benzene rings is 2. The molecule has 1 atom stereocenters. The van der Waals surface area contributed by atoms with E-state index in [9.17, 15) is 8.78 Å². The maximum Gasteiger partial charge on any atom is 0.128 e. The minimum Gasteiger partial charge on any atom is -0.209 e. The van der Waals surface area contributed by atoms with Crippen molar-refractivity contribution in [3.05, 3.63) is 71.3 Å². The zero-order chi connectivity index (χ0) is 12.3. The van der Waals surface area contributed by atoms with Gasteiger partial charge in [-0.2, -0.15) is 5.11 Å². The zero-order valence-electron chi connectivity index (χ0n) is 8.90. The Kier molecular flexibility index (Phi) is 3.23. The lowest BCUT2D eigenvalue weighted by molar-refractivity contribution is 0.589. The lowest BCUT2D eigenvalue weighted by Crippen LogP contribution is -2.00. The minimum absolute atomic E-state index is 0.271. The first-order valence-corrected chi connectivity index (χ1v) is 5.09. The van der Waals surface area contributed by atoms with Gasteiger partial charge in [0.05, 0.1) is 0 Å². The van der Waals surface area contributed by atoms with Gasteiger partial charge in [0.1, 0.15) is 17.7 Å². The van der Waals surface area contributed by atoms with Gasteiger partial charge in [-0.15, -0.1) is 0 Å². The van der Waals surface area contributed by atoms with E-state index in [0.717, 1.165) is 0 Å². The lowest BCUT2D eigenvalue weighted by Gasteiger charge is -2.12. The molecule has 1 unspecified atom stereocenters. The molecule has 0 aliphatic rings. The molecule has 17 heavy (non-hydrogen) atoms. The van der Waals surface area contributed by atoms with Crippen LogP contribution in [-0.2, 0) is 0 Å². The fourth-order valence-corrected chi connectivity index (χ4v) is 1.70. The number of halogens is 2. The van der Waals surface area contributed by atoms with Gasteiger partial charge in [0, 0.05) is 5.56 Å². The van der Waals surface area contributed by atoms with E-state index in [1.54, 1.807) is 24.3 Å². The smallest absolute Gasteiger partial charge is 0.128 e. The Hall–Kier alpha value is -2.10. The van der Waals surface area contributed by atoms with Crippen LogP contribution in [0.2, 0.25) is 0 Å². The first-order valence-electron chi connectivity index (χ1n) is 5.09. The average molecular weight is 232 g/mol. The second-order valence-electron chi connectivity index (χ2n) is 3.61. The summed E-state index contributed by atoms with van der Waals surface area (Å²) in [5.74, 6) is -0.870. The lowest BCUT2D eigenvalue weighted by atomic mass is 9.99. The van der Waals surface area contributed by atoms with E-state index in [-0.39, 0.29) is 5.56 Å². The van der Waals surface area contributed by atoms with E-state index in [2.05, 4.69) is 5.11 Å². The third-order valence-corrected chi connectivity index (χ3v) is 2.49. The molecule has 0 aliphatic carbocycles. The minimum atomic E-state index is -0.799. The van der Waals surface area contributed by atoms with Gasteiger partial charge in [-0.1, -0.05) is 30.3 Å². The van der Waals surface area contributed by atoms with E-state index < -0.39 is 17.7 Å². The highest BCUT2D eigenvalue weighted by Crippen LogP contribution is 2.28. The predicted octanol–water partition coefficient (Wildman–Crippen LogP) is 4.09. The Balaban J connectivity index is 2.48. The first kappa shape index (κ1) is 11.4. The maximum absolute atomic E-state index is 13.6. The molecular formula is C13H10F2N2. The van der Waals surface area contributed by atoms with Gasteiger partial charge in [0.15, 0.2) is 0 Å². The highest BCUT2D eigenvalue weighted by atomic mass is 19.1. The number of rotatable bonds is 3. The molecule has 4 heteroatoms. The van der Waals surface area contributed by atoms with Gasteiger partial charge in [0.25, 0.3) is 0 Å². The van der Waals surface area contributed by atoms with Gasteiger partial charge in [0.2, 0.25) is 0 Å². The summed E-state index contributed by atoms with van der Waals surface area (Å²) in [6.07, 6.45) is 0. The summed E-state index contributed by atoms with van der Waals surface area (Å²) >= 11 is 0. The Morgan fingerprint density at radius 3 is 2.41 bits per heavy atom. The maximum atomic E-state index is 13.6. The molecule has 2 nitrogen and oxygen atoms in total. The van der Waals surface area contributed by atoms with Crippen molar-refractivity contribution in [3.63, 3.8) is 0 Å². The molecule has 1 N–H and O–H groups in total. The number of nitrogens with one attached hydrogen (secondary N) is 1. The van der Waals surface area contributed by atoms with Crippen molar-refractivity contribution in [2.75, 3.05) is 0 Å². The van der Waals surface area contributed by atoms with Crippen LogP contribution >= 0.6 is 0 Å². The summed E-state index contributed by atoms with van der Waals surface area (Å²) in [4.78, 5) is 0. The van der Waals surface area contributed by atoms with Crippen LogP contribution in [0.15, 0.2) is 53.6 Å². The van der Waals surface area contributed by atoms with Crippen molar-refractivity contribution in [2.45, 2.75) is 6.04 Å². The van der Waals surface area contributed by atoms with Crippen LogP contribution in [-0.4, -0.2) is 0 Å². The fourth-order valence-electron chi connectivity index (χ4n) is 1.70. The van der Waals surface area contributed by atoms with Crippen LogP contribution in [0.4, 0.5) is 8.78 Å².